The van der Waals surface area contributed by atoms with Gasteiger partial charge >= 0.3 is 0 Å². The van der Waals surface area contributed by atoms with Gasteiger partial charge in [0, 0.05) is 38.7 Å². The summed E-state index contributed by atoms with van der Waals surface area (Å²) in [7, 11) is 1.68. The molecule has 2 heterocycles. The van der Waals surface area contributed by atoms with Crippen LogP contribution in [0.5, 0.6) is 0 Å². The van der Waals surface area contributed by atoms with Crippen LogP contribution in [-0.4, -0.2) is 35.6 Å². The summed E-state index contributed by atoms with van der Waals surface area (Å²) in [6.45, 7) is 2.62. The minimum Gasteiger partial charge on any atom is -0.385 e. The average Bonchev–Trinajstić information content (AvgIpc) is 2.91. The van der Waals surface area contributed by atoms with Gasteiger partial charge in [0.1, 0.15) is 5.82 Å². The third kappa shape index (κ3) is 3.45. The van der Waals surface area contributed by atoms with Gasteiger partial charge in [-0.25, -0.2) is 4.39 Å². The van der Waals surface area contributed by atoms with E-state index in [0.717, 1.165) is 18.7 Å². The molecule has 1 aliphatic heterocycles. The quantitative estimate of drug-likeness (QED) is 0.869. The van der Waals surface area contributed by atoms with E-state index in [1.54, 1.807) is 30.2 Å². The van der Waals surface area contributed by atoms with Crippen LogP contribution in [0.15, 0.2) is 42.6 Å². The zero-order valence-electron chi connectivity index (χ0n) is 13.2. The molecule has 5 heteroatoms. The third-order valence-electron chi connectivity index (χ3n) is 4.33. The van der Waals surface area contributed by atoms with E-state index in [4.69, 9.17) is 4.74 Å². The first kappa shape index (κ1) is 15.7. The third-order valence-corrected chi connectivity index (χ3v) is 4.33. The largest absolute Gasteiger partial charge is 0.385 e. The lowest BCUT2D eigenvalue weighted by Crippen LogP contribution is -2.34. The lowest BCUT2D eigenvalue weighted by molar-refractivity contribution is 0.0700. The molecule has 1 aromatic heterocycles. The lowest BCUT2D eigenvalue weighted by Gasteiger charge is -2.24. The van der Waals surface area contributed by atoms with Crippen LogP contribution in [0.25, 0.3) is 0 Å². The van der Waals surface area contributed by atoms with E-state index in [-0.39, 0.29) is 11.5 Å². The van der Waals surface area contributed by atoms with Crippen LogP contribution < -0.4 is 0 Å². The number of hydrogen-bond donors (Lipinski definition) is 0. The van der Waals surface area contributed by atoms with Crippen molar-refractivity contribution in [2.75, 3.05) is 20.3 Å². The topological polar surface area (TPSA) is 34.5 Å². The van der Waals surface area contributed by atoms with Crippen molar-refractivity contribution in [2.24, 2.45) is 5.92 Å². The summed E-state index contributed by atoms with van der Waals surface area (Å²) in [6.07, 6.45) is 2.90. The minimum atomic E-state index is -0.467. The fourth-order valence-electron chi connectivity index (χ4n) is 3.11. The Balaban J connectivity index is 1.85. The molecule has 0 N–H and O–H groups in total. The van der Waals surface area contributed by atoms with E-state index in [2.05, 4.69) is 4.57 Å². The molecule has 1 amide bonds. The van der Waals surface area contributed by atoms with Gasteiger partial charge in [0.15, 0.2) is 0 Å². The van der Waals surface area contributed by atoms with Crippen molar-refractivity contribution in [3.05, 3.63) is 59.7 Å². The van der Waals surface area contributed by atoms with Crippen LogP contribution in [-0.2, 0) is 17.8 Å². The zero-order chi connectivity index (χ0) is 16.2. The van der Waals surface area contributed by atoms with Crippen LogP contribution in [0, 0.1) is 11.7 Å². The normalized spacial score (nSPS) is 17.7. The highest BCUT2D eigenvalue weighted by molar-refractivity contribution is 5.94. The van der Waals surface area contributed by atoms with Crippen molar-refractivity contribution in [1.29, 1.82) is 0 Å². The fourth-order valence-corrected chi connectivity index (χ4v) is 3.11. The van der Waals surface area contributed by atoms with Crippen LogP contribution >= 0.6 is 0 Å². The smallest absolute Gasteiger partial charge is 0.257 e. The number of amides is 1. The Hall–Kier alpha value is -2.14. The number of halogens is 1. The molecule has 23 heavy (non-hydrogen) atoms. The van der Waals surface area contributed by atoms with Crippen LogP contribution in [0.4, 0.5) is 4.39 Å². The van der Waals surface area contributed by atoms with Crippen LogP contribution in [0.2, 0.25) is 0 Å². The first-order chi connectivity index (χ1) is 11.2. The standard InChI is InChI=1S/C18H21FN2O2/c1-23-10-8-14-11-20-9-4-5-15(20)13-21(12-14)18(22)16-6-2-3-7-17(16)19/h2-7,9,14H,8,10-13H2,1H3/t14-/m0/s1. The van der Waals surface area contributed by atoms with Crippen molar-refractivity contribution in [3.8, 4) is 0 Å². The van der Waals surface area contributed by atoms with Gasteiger partial charge in [-0.3, -0.25) is 4.79 Å². The Morgan fingerprint density at radius 2 is 2.09 bits per heavy atom. The maximum Gasteiger partial charge on any atom is 0.257 e. The number of hydrogen-bond acceptors (Lipinski definition) is 2. The monoisotopic (exact) mass is 316 g/mol. The van der Waals surface area contributed by atoms with Gasteiger partial charge in [-0.1, -0.05) is 12.1 Å². The van der Waals surface area contributed by atoms with E-state index in [0.29, 0.717) is 25.6 Å². The number of ether oxygens (including phenoxy) is 1. The molecule has 2 aromatic rings. The predicted molar refractivity (Wildman–Crippen MR) is 85.6 cm³/mol. The summed E-state index contributed by atoms with van der Waals surface area (Å²) in [5.74, 6) is -0.426. The molecule has 0 saturated carbocycles. The summed E-state index contributed by atoms with van der Waals surface area (Å²) in [6, 6.07) is 10.2. The second-order valence-electron chi connectivity index (χ2n) is 5.96. The molecule has 1 atom stereocenters. The molecule has 4 nitrogen and oxygen atoms in total. The minimum absolute atomic E-state index is 0.137. The number of nitrogens with zero attached hydrogens (tertiary/aromatic N) is 2. The Morgan fingerprint density at radius 1 is 1.26 bits per heavy atom. The first-order valence-electron chi connectivity index (χ1n) is 7.86. The molecule has 0 spiro atoms. The van der Waals surface area contributed by atoms with E-state index in [1.807, 2.05) is 18.3 Å². The average molecular weight is 316 g/mol. The predicted octanol–water partition coefficient (Wildman–Crippen LogP) is 2.94. The molecule has 0 unspecified atom stereocenters. The summed E-state index contributed by atoms with van der Waals surface area (Å²) >= 11 is 0. The Labute approximate surface area is 135 Å². The number of rotatable bonds is 4. The van der Waals surface area contributed by atoms with Gasteiger partial charge in [0.2, 0.25) is 0 Å². The van der Waals surface area contributed by atoms with E-state index in [1.165, 1.54) is 6.07 Å². The molecule has 1 aromatic carbocycles. The lowest BCUT2D eigenvalue weighted by atomic mass is 10.0. The molecule has 0 bridgehead atoms. The highest BCUT2D eigenvalue weighted by Gasteiger charge is 2.26. The Morgan fingerprint density at radius 3 is 2.87 bits per heavy atom. The molecule has 1 aliphatic rings. The summed E-state index contributed by atoms with van der Waals surface area (Å²) in [4.78, 5) is 14.5. The summed E-state index contributed by atoms with van der Waals surface area (Å²) in [5.41, 5.74) is 1.22. The SMILES string of the molecule is COCC[C@@H]1CN(C(=O)c2ccccc2F)Cc2cccn2C1. The van der Waals surface area contributed by atoms with Gasteiger partial charge in [0.25, 0.3) is 5.91 Å². The van der Waals surface area contributed by atoms with Crippen LogP contribution in [0.1, 0.15) is 22.5 Å². The molecule has 122 valence electrons. The van der Waals surface area contributed by atoms with E-state index < -0.39 is 5.82 Å². The number of methoxy groups -OCH3 is 1. The molecular formula is C18H21FN2O2. The molecule has 0 aliphatic carbocycles. The van der Waals surface area contributed by atoms with Crippen molar-refractivity contribution in [3.63, 3.8) is 0 Å². The van der Waals surface area contributed by atoms with Gasteiger partial charge in [-0.15, -0.1) is 0 Å². The number of carbonyl (C=O) groups excluding carboxylic acids is 1. The van der Waals surface area contributed by atoms with Gasteiger partial charge in [0.05, 0.1) is 12.1 Å². The summed E-state index contributed by atoms with van der Waals surface area (Å²) in [5, 5.41) is 0. The Kier molecular flexibility index (Phi) is 4.76. The number of carbonyl (C=O) groups is 1. The maximum atomic E-state index is 14.0. The zero-order valence-corrected chi connectivity index (χ0v) is 13.2. The Bertz CT molecular complexity index is 683. The van der Waals surface area contributed by atoms with E-state index in [9.17, 15) is 9.18 Å². The fraction of sp³-hybridized carbons (Fsp3) is 0.389. The molecule has 3 rings (SSSR count). The maximum absolute atomic E-state index is 14.0. The van der Waals surface area contributed by atoms with Gasteiger partial charge in [-0.2, -0.15) is 0 Å². The van der Waals surface area contributed by atoms with Crippen molar-refractivity contribution in [2.45, 2.75) is 19.5 Å². The molecule has 0 fully saturated rings. The summed E-state index contributed by atoms with van der Waals surface area (Å²) < 4.78 is 21.3. The number of aromatic nitrogens is 1. The molecule has 0 radical (unpaired) electrons. The van der Waals surface area contributed by atoms with Gasteiger partial charge < -0.3 is 14.2 Å². The highest BCUT2D eigenvalue weighted by Crippen LogP contribution is 2.22. The highest BCUT2D eigenvalue weighted by atomic mass is 19.1. The van der Waals surface area contributed by atoms with E-state index >= 15 is 0 Å². The second kappa shape index (κ2) is 6.96. The molecular weight excluding hydrogens is 295 g/mol. The van der Waals surface area contributed by atoms with Crippen LogP contribution in [0.3, 0.4) is 0 Å². The second-order valence-corrected chi connectivity index (χ2v) is 5.96. The van der Waals surface area contributed by atoms with Gasteiger partial charge in [-0.05, 0) is 36.6 Å². The van der Waals surface area contributed by atoms with Crippen molar-refractivity contribution >= 4 is 5.91 Å². The molecule has 0 saturated heterocycles. The number of benzene rings is 1. The first-order valence-corrected chi connectivity index (χ1v) is 7.86. The number of fused-ring (bicyclic) bond motifs is 1. The van der Waals surface area contributed by atoms with Crippen molar-refractivity contribution in [1.82, 2.24) is 9.47 Å². The van der Waals surface area contributed by atoms with Crippen molar-refractivity contribution < 1.29 is 13.9 Å².